The fourth-order valence-corrected chi connectivity index (χ4v) is 5.16. The highest BCUT2D eigenvalue weighted by Gasteiger charge is 2.50. The molecule has 1 aliphatic heterocycles. The third kappa shape index (κ3) is 5.75. The number of hydrogen-bond acceptors (Lipinski definition) is 6. The van der Waals surface area contributed by atoms with Gasteiger partial charge in [-0.3, -0.25) is 9.69 Å². The van der Waals surface area contributed by atoms with Crippen LogP contribution in [0.3, 0.4) is 0 Å². The second kappa shape index (κ2) is 12.7. The summed E-state index contributed by atoms with van der Waals surface area (Å²) in [4.78, 5) is 17.9. The number of H-pyrrole nitrogens is 1. The fraction of sp³-hybridized carbons (Fsp3) is 0.323. The number of benzene rings is 3. The SMILES string of the molecule is Cc1cc(OCc2ccccc2)ccc1N1c2c(c(=O)[nH]c3c(OCCF)cccc23)CC1(OCCF)OCCF. The molecule has 0 fully saturated rings. The van der Waals surface area contributed by atoms with Crippen LogP contribution < -0.4 is 19.9 Å². The Morgan fingerprint density at radius 1 is 0.878 bits per heavy atom. The van der Waals surface area contributed by atoms with Gasteiger partial charge in [0.25, 0.3) is 11.5 Å². The number of alkyl halides is 3. The van der Waals surface area contributed by atoms with Crippen LogP contribution in [0.25, 0.3) is 10.9 Å². The van der Waals surface area contributed by atoms with Crippen molar-refractivity contribution in [2.75, 3.05) is 44.7 Å². The second-order valence-electron chi connectivity index (χ2n) is 9.52. The van der Waals surface area contributed by atoms with E-state index in [9.17, 15) is 18.0 Å². The third-order valence-corrected chi connectivity index (χ3v) is 6.85. The summed E-state index contributed by atoms with van der Waals surface area (Å²) in [5.41, 5.74) is 3.05. The molecule has 0 radical (unpaired) electrons. The van der Waals surface area contributed by atoms with E-state index in [0.717, 1.165) is 11.1 Å². The summed E-state index contributed by atoms with van der Waals surface area (Å²) < 4.78 is 63.3. The smallest absolute Gasteiger partial charge is 0.260 e. The maximum absolute atomic E-state index is 13.5. The van der Waals surface area contributed by atoms with Crippen LogP contribution in [0.15, 0.2) is 71.5 Å². The number of aromatic nitrogens is 1. The van der Waals surface area contributed by atoms with Gasteiger partial charge in [-0.2, -0.15) is 0 Å². The summed E-state index contributed by atoms with van der Waals surface area (Å²) in [6, 6.07) is 20.3. The van der Waals surface area contributed by atoms with Gasteiger partial charge in [0.2, 0.25) is 0 Å². The first-order valence-electron chi connectivity index (χ1n) is 13.4. The first kappa shape index (κ1) is 28.5. The van der Waals surface area contributed by atoms with Crippen molar-refractivity contribution in [3.63, 3.8) is 0 Å². The van der Waals surface area contributed by atoms with Gasteiger partial charge in [-0.25, -0.2) is 13.2 Å². The van der Waals surface area contributed by atoms with Crippen molar-refractivity contribution < 1.29 is 32.1 Å². The second-order valence-corrected chi connectivity index (χ2v) is 9.52. The largest absolute Gasteiger partial charge is 0.489 e. The number of anilines is 2. The molecule has 3 aromatic carbocycles. The van der Waals surface area contributed by atoms with Gasteiger partial charge in [0.05, 0.1) is 30.8 Å². The number of aryl methyl sites for hydroxylation is 1. The maximum atomic E-state index is 13.5. The topological polar surface area (TPSA) is 73.0 Å². The molecule has 0 atom stereocenters. The standard InChI is InChI=1S/C31H31F3N2O5/c1-21-18-23(39-20-22-6-3-2-4-7-22)10-11-26(21)36-29-24-8-5-9-27(38-15-12-32)28(24)35-30(37)25(29)19-31(36,40-16-13-33)41-17-14-34/h2-11,18H,12-17,19-20H2,1H3,(H,35,37). The number of halogens is 3. The van der Waals surface area contributed by atoms with Crippen molar-refractivity contribution in [1.82, 2.24) is 4.98 Å². The monoisotopic (exact) mass is 568 g/mol. The molecule has 4 aromatic rings. The quantitative estimate of drug-likeness (QED) is 0.197. The Bertz CT molecular complexity index is 1540. The number of pyridine rings is 1. The molecule has 0 aliphatic carbocycles. The molecule has 7 nitrogen and oxygen atoms in total. The van der Waals surface area contributed by atoms with Gasteiger partial charge in [0.15, 0.2) is 0 Å². The van der Waals surface area contributed by atoms with E-state index >= 15 is 0 Å². The summed E-state index contributed by atoms with van der Waals surface area (Å²) in [6.45, 7) is -0.950. The molecule has 216 valence electrons. The zero-order valence-electron chi connectivity index (χ0n) is 22.6. The molecule has 0 saturated carbocycles. The van der Waals surface area contributed by atoms with Gasteiger partial charge in [0.1, 0.15) is 44.7 Å². The van der Waals surface area contributed by atoms with Crippen LogP contribution in [0.1, 0.15) is 16.7 Å². The van der Waals surface area contributed by atoms with Gasteiger partial charge >= 0.3 is 0 Å². The van der Waals surface area contributed by atoms with Crippen LogP contribution in [0.5, 0.6) is 11.5 Å². The summed E-state index contributed by atoms with van der Waals surface area (Å²) >= 11 is 0. The first-order valence-corrected chi connectivity index (χ1v) is 13.4. The average Bonchev–Trinajstić information content (AvgIpc) is 3.33. The number of aromatic amines is 1. The number of fused-ring (bicyclic) bond motifs is 3. The van der Waals surface area contributed by atoms with Crippen LogP contribution in [-0.4, -0.2) is 50.7 Å². The summed E-state index contributed by atoms with van der Waals surface area (Å²) in [5.74, 6) is -0.783. The van der Waals surface area contributed by atoms with E-state index in [1.807, 2.05) is 43.3 Å². The Morgan fingerprint density at radius 3 is 2.29 bits per heavy atom. The Kier molecular flexibility index (Phi) is 8.80. The molecule has 1 aliphatic rings. The number of para-hydroxylation sites is 1. The molecule has 0 unspecified atom stereocenters. The number of nitrogens with zero attached hydrogens (tertiary/aromatic N) is 1. The Balaban J connectivity index is 1.64. The highest BCUT2D eigenvalue weighted by atomic mass is 19.1. The van der Waals surface area contributed by atoms with Crippen LogP contribution in [0, 0.1) is 6.92 Å². The van der Waals surface area contributed by atoms with Crippen molar-refractivity contribution in [2.45, 2.75) is 25.9 Å². The minimum atomic E-state index is -1.70. The number of rotatable bonds is 13. The number of nitrogens with one attached hydrogen (secondary N) is 1. The van der Waals surface area contributed by atoms with E-state index in [4.69, 9.17) is 18.9 Å². The zero-order chi connectivity index (χ0) is 28.8. The van der Waals surface area contributed by atoms with E-state index in [1.165, 1.54) is 0 Å². The molecule has 2 heterocycles. The highest BCUT2D eigenvalue weighted by molar-refractivity contribution is 6.00. The lowest BCUT2D eigenvalue weighted by atomic mass is 10.1. The van der Waals surface area contributed by atoms with E-state index in [0.29, 0.717) is 45.9 Å². The molecule has 41 heavy (non-hydrogen) atoms. The van der Waals surface area contributed by atoms with Crippen molar-refractivity contribution in [1.29, 1.82) is 0 Å². The molecule has 0 bridgehead atoms. The first-order chi connectivity index (χ1) is 20.0. The van der Waals surface area contributed by atoms with Crippen LogP contribution in [0.4, 0.5) is 24.5 Å². The lowest BCUT2D eigenvalue weighted by Gasteiger charge is -2.40. The third-order valence-electron chi connectivity index (χ3n) is 6.85. The van der Waals surface area contributed by atoms with E-state index in [2.05, 4.69) is 4.98 Å². The number of hydrogen-bond donors (Lipinski definition) is 1. The van der Waals surface area contributed by atoms with Crippen molar-refractivity contribution in [3.05, 3.63) is 93.8 Å². The highest BCUT2D eigenvalue weighted by Crippen LogP contribution is 2.49. The zero-order valence-corrected chi connectivity index (χ0v) is 22.6. The van der Waals surface area contributed by atoms with E-state index in [1.54, 1.807) is 35.2 Å². The molecular weight excluding hydrogens is 537 g/mol. The van der Waals surface area contributed by atoms with E-state index in [-0.39, 0.29) is 26.2 Å². The van der Waals surface area contributed by atoms with Gasteiger partial charge < -0.3 is 23.9 Å². The molecule has 1 N–H and O–H groups in total. The van der Waals surface area contributed by atoms with Crippen molar-refractivity contribution >= 4 is 22.3 Å². The molecule has 5 rings (SSSR count). The van der Waals surface area contributed by atoms with Gasteiger partial charge in [-0.05, 0) is 42.3 Å². The molecule has 0 saturated heterocycles. The molecule has 10 heteroatoms. The Morgan fingerprint density at radius 2 is 1.61 bits per heavy atom. The average molecular weight is 569 g/mol. The molecule has 0 amide bonds. The van der Waals surface area contributed by atoms with Gasteiger partial charge in [0, 0.05) is 16.6 Å². The lowest BCUT2D eigenvalue weighted by Crippen LogP contribution is -2.50. The fourth-order valence-electron chi connectivity index (χ4n) is 5.16. The Hall–Kier alpha value is -4.02. The van der Waals surface area contributed by atoms with E-state index < -0.39 is 31.5 Å². The predicted octanol–water partition coefficient (Wildman–Crippen LogP) is 6.08. The summed E-state index contributed by atoms with van der Waals surface area (Å²) in [6.07, 6.45) is -0.0884. The maximum Gasteiger partial charge on any atom is 0.260 e. The van der Waals surface area contributed by atoms with Crippen LogP contribution >= 0.6 is 0 Å². The molecule has 1 aromatic heterocycles. The summed E-state index contributed by atoms with van der Waals surface area (Å²) in [5, 5.41) is 0.578. The summed E-state index contributed by atoms with van der Waals surface area (Å²) in [7, 11) is 0. The molecule has 0 spiro atoms. The van der Waals surface area contributed by atoms with Gasteiger partial charge in [-0.15, -0.1) is 0 Å². The number of ether oxygens (including phenoxy) is 4. The van der Waals surface area contributed by atoms with Gasteiger partial charge in [-0.1, -0.05) is 42.5 Å². The molecular formula is C31H31F3N2O5. The normalized spacial score (nSPS) is 13.9. The minimum Gasteiger partial charge on any atom is -0.489 e. The van der Waals surface area contributed by atoms with Crippen LogP contribution in [-0.2, 0) is 22.5 Å². The van der Waals surface area contributed by atoms with Crippen LogP contribution in [0.2, 0.25) is 0 Å². The minimum absolute atomic E-state index is 0.0884. The Labute approximate surface area is 235 Å². The van der Waals surface area contributed by atoms with Crippen molar-refractivity contribution in [2.24, 2.45) is 0 Å². The lowest BCUT2D eigenvalue weighted by molar-refractivity contribution is -0.229. The van der Waals surface area contributed by atoms with Crippen molar-refractivity contribution in [3.8, 4) is 11.5 Å². The predicted molar refractivity (Wildman–Crippen MR) is 150 cm³/mol.